The lowest BCUT2D eigenvalue weighted by atomic mass is 9.97. The summed E-state index contributed by atoms with van der Waals surface area (Å²) in [7, 11) is -3.83. The Morgan fingerprint density at radius 2 is 2.15 bits per heavy atom. The van der Waals surface area contributed by atoms with Crippen LogP contribution in [-0.2, 0) is 19.7 Å². The van der Waals surface area contributed by atoms with Crippen molar-refractivity contribution < 1.29 is 23.1 Å². The van der Waals surface area contributed by atoms with Gasteiger partial charge in [0.1, 0.15) is 6.04 Å². The van der Waals surface area contributed by atoms with E-state index in [9.17, 15) is 18.3 Å². The molecule has 20 heavy (non-hydrogen) atoms. The van der Waals surface area contributed by atoms with Crippen LogP contribution in [0.1, 0.15) is 39.5 Å². The first kappa shape index (κ1) is 15.7. The minimum Gasteiger partial charge on any atom is -0.480 e. The number of carbonyl (C=O) groups is 1. The van der Waals surface area contributed by atoms with Crippen LogP contribution in [0.3, 0.4) is 0 Å². The topological polar surface area (TPSA) is 95.9 Å². The summed E-state index contributed by atoms with van der Waals surface area (Å²) in [5, 5.41) is 9.19. The van der Waals surface area contributed by atoms with Crippen molar-refractivity contribution in [3.05, 3.63) is 0 Å². The number of nitrogens with zero attached hydrogens (tertiary/aromatic N) is 1. The number of rotatable bonds is 4. The van der Waals surface area contributed by atoms with E-state index in [0.717, 1.165) is 10.7 Å². The molecule has 7 nitrogen and oxygen atoms in total. The summed E-state index contributed by atoms with van der Waals surface area (Å²) in [6.45, 7) is 4.36. The van der Waals surface area contributed by atoms with Gasteiger partial charge in [0.15, 0.2) is 0 Å². The molecule has 0 radical (unpaired) electrons. The zero-order valence-corrected chi connectivity index (χ0v) is 12.6. The largest absolute Gasteiger partial charge is 0.480 e. The summed E-state index contributed by atoms with van der Waals surface area (Å²) in [6.07, 6.45) is 2.14. The monoisotopic (exact) mass is 306 g/mol. The highest BCUT2D eigenvalue weighted by Crippen LogP contribution is 2.28. The minimum absolute atomic E-state index is 0.231. The average Bonchev–Trinajstić information content (AvgIpc) is 2.68. The molecule has 0 aromatic carbocycles. The molecule has 2 saturated heterocycles. The van der Waals surface area contributed by atoms with E-state index in [1.165, 1.54) is 0 Å². The van der Waals surface area contributed by atoms with E-state index in [4.69, 9.17) is 4.74 Å². The number of hydrogen-bond acceptors (Lipinski definition) is 4. The molecular formula is C12H22N2O5S. The van der Waals surface area contributed by atoms with E-state index < -0.39 is 27.8 Å². The lowest BCUT2D eigenvalue weighted by molar-refractivity contribution is -0.142. The molecule has 2 fully saturated rings. The number of aliphatic carboxylic acids is 1. The number of carboxylic acid groups (broad SMARTS) is 1. The third kappa shape index (κ3) is 2.98. The van der Waals surface area contributed by atoms with Crippen molar-refractivity contribution in [3.8, 4) is 0 Å². The van der Waals surface area contributed by atoms with Crippen LogP contribution in [-0.4, -0.2) is 54.6 Å². The Labute approximate surface area is 119 Å². The zero-order valence-electron chi connectivity index (χ0n) is 11.8. The highest BCUT2D eigenvalue weighted by molar-refractivity contribution is 7.87. The second-order valence-electron chi connectivity index (χ2n) is 5.75. The fraction of sp³-hybridized carbons (Fsp3) is 0.917. The molecule has 0 bridgehead atoms. The summed E-state index contributed by atoms with van der Waals surface area (Å²) < 4.78 is 34.1. The molecule has 116 valence electrons. The number of nitrogens with one attached hydrogen (secondary N) is 1. The van der Waals surface area contributed by atoms with E-state index in [0.29, 0.717) is 25.9 Å². The molecule has 2 rings (SSSR count). The Morgan fingerprint density at radius 1 is 1.45 bits per heavy atom. The van der Waals surface area contributed by atoms with Gasteiger partial charge in [-0.1, -0.05) is 0 Å². The van der Waals surface area contributed by atoms with Gasteiger partial charge in [0.25, 0.3) is 10.2 Å². The van der Waals surface area contributed by atoms with Gasteiger partial charge in [-0.2, -0.15) is 17.4 Å². The van der Waals surface area contributed by atoms with E-state index in [1.807, 2.05) is 6.92 Å². The maximum absolute atomic E-state index is 12.5. The molecule has 0 amide bonds. The maximum atomic E-state index is 12.5. The van der Waals surface area contributed by atoms with E-state index in [-0.39, 0.29) is 12.6 Å². The van der Waals surface area contributed by atoms with Crippen LogP contribution in [0, 0.1) is 0 Å². The van der Waals surface area contributed by atoms with Gasteiger partial charge in [0, 0.05) is 13.2 Å². The van der Waals surface area contributed by atoms with Crippen molar-refractivity contribution in [1.82, 2.24) is 9.03 Å². The van der Waals surface area contributed by atoms with Gasteiger partial charge in [0.05, 0.1) is 11.6 Å². The van der Waals surface area contributed by atoms with Crippen LogP contribution >= 0.6 is 0 Å². The molecular weight excluding hydrogens is 284 g/mol. The molecule has 0 aliphatic carbocycles. The molecule has 0 saturated carbocycles. The predicted octanol–water partition coefficient (Wildman–Crippen LogP) is 0.327. The molecule has 2 N–H and O–H groups in total. The van der Waals surface area contributed by atoms with Gasteiger partial charge in [0.2, 0.25) is 0 Å². The fourth-order valence-electron chi connectivity index (χ4n) is 2.76. The van der Waals surface area contributed by atoms with Crippen LogP contribution in [0.5, 0.6) is 0 Å². The SMILES string of the molecule is CC1OCCC1(C)NS(=O)(=O)N1CCCCC1C(=O)O. The molecule has 3 unspecified atom stereocenters. The lowest BCUT2D eigenvalue weighted by Gasteiger charge is -2.36. The van der Waals surface area contributed by atoms with Gasteiger partial charge in [-0.15, -0.1) is 0 Å². The molecule has 0 aromatic rings. The van der Waals surface area contributed by atoms with Gasteiger partial charge in [-0.3, -0.25) is 4.79 Å². The third-order valence-electron chi connectivity index (χ3n) is 4.30. The normalized spacial score (nSPS) is 36.1. The molecule has 8 heteroatoms. The van der Waals surface area contributed by atoms with Crippen LogP contribution in [0.2, 0.25) is 0 Å². The summed E-state index contributed by atoms with van der Waals surface area (Å²) in [5.41, 5.74) is -0.681. The average molecular weight is 306 g/mol. The van der Waals surface area contributed by atoms with E-state index in [2.05, 4.69) is 4.72 Å². The number of piperidine rings is 1. The quantitative estimate of drug-likeness (QED) is 0.780. The zero-order chi connectivity index (χ0) is 15.0. The van der Waals surface area contributed by atoms with Crippen LogP contribution in [0.4, 0.5) is 0 Å². The summed E-state index contributed by atoms with van der Waals surface area (Å²) >= 11 is 0. The second kappa shape index (κ2) is 5.59. The molecule has 2 aliphatic heterocycles. The Kier molecular flexibility index (Phi) is 4.38. The molecule has 0 aromatic heterocycles. The number of carboxylic acids is 1. The van der Waals surface area contributed by atoms with E-state index in [1.54, 1.807) is 6.92 Å². The molecule has 2 heterocycles. The highest BCUT2D eigenvalue weighted by Gasteiger charge is 2.44. The summed E-state index contributed by atoms with van der Waals surface area (Å²) in [5.74, 6) is -1.09. The highest BCUT2D eigenvalue weighted by atomic mass is 32.2. The van der Waals surface area contributed by atoms with E-state index >= 15 is 0 Å². The van der Waals surface area contributed by atoms with Crippen LogP contribution in [0.25, 0.3) is 0 Å². The molecule has 3 atom stereocenters. The third-order valence-corrected chi connectivity index (χ3v) is 6.07. The first-order valence-electron chi connectivity index (χ1n) is 6.91. The molecule has 2 aliphatic rings. The van der Waals surface area contributed by atoms with Crippen molar-refractivity contribution in [2.75, 3.05) is 13.2 Å². The number of hydrogen-bond donors (Lipinski definition) is 2. The van der Waals surface area contributed by atoms with Crippen molar-refractivity contribution in [3.63, 3.8) is 0 Å². The Morgan fingerprint density at radius 3 is 2.70 bits per heavy atom. The van der Waals surface area contributed by atoms with Crippen molar-refractivity contribution in [1.29, 1.82) is 0 Å². The Bertz CT molecular complexity index is 480. The van der Waals surface area contributed by atoms with Crippen molar-refractivity contribution in [2.24, 2.45) is 0 Å². The maximum Gasteiger partial charge on any atom is 0.322 e. The Hall–Kier alpha value is -0.700. The second-order valence-corrected chi connectivity index (χ2v) is 7.37. The van der Waals surface area contributed by atoms with Crippen molar-refractivity contribution in [2.45, 2.75) is 57.2 Å². The Balaban J connectivity index is 2.18. The van der Waals surface area contributed by atoms with Crippen LogP contribution in [0.15, 0.2) is 0 Å². The standard InChI is InChI=1S/C12H22N2O5S/c1-9-12(2,6-8-19-9)13-20(17,18)14-7-4-3-5-10(14)11(15)16/h9-10,13H,3-8H2,1-2H3,(H,15,16). The minimum atomic E-state index is -3.83. The van der Waals surface area contributed by atoms with Crippen LogP contribution < -0.4 is 4.72 Å². The van der Waals surface area contributed by atoms with Crippen molar-refractivity contribution >= 4 is 16.2 Å². The van der Waals surface area contributed by atoms with Gasteiger partial charge >= 0.3 is 5.97 Å². The first-order chi connectivity index (χ1) is 9.26. The summed E-state index contributed by atoms with van der Waals surface area (Å²) in [4.78, 5) is 11.2. The first-order valence-corrected chi connectivity index (χ1v) is 8.35. The smallest absolute Gasteiger partial charge is 0.322 e. The molecule has 0 spiro atoms. The predicted molar refractivity (Wildman–Crippen MR) is 72.5 cm³/mol. The van der Waals surface area contributed by atoms with Gasteiger partial charge in [-0.25, -0.2) is 0 Å². The fourth-order valence-corrected chi connectivity index (χ4v) is 4.64. The number of ether oxygens (including phenoxy) is 1. The van der Waals surface area contributed by atoms with Gasteiger partial charge < -0.3 is 9.84 Å². The summed E-state index contributed by atoms with van der Waals surface area (Å²) in [6, 6.07) is -0.970. The van der Waals surface area contributed by atoms with Gasteiger partial charge in [-0.05, 0) is 39.5 Å². The lowest BCUT2D eigenvalue weighted by Crippen LogP contribution is -2.59.